The van der Waals surface area contributed by atoms with Gasteiger partial charge in [0.1, 0.15) is 5.75 Å². The van der Waals surface area contributed by atoms with Crippen LogP contribution in [0.3, 0.4) is 0 Å². The Kier molecular flexibility index (Phi) is 8.85. The van der Waals surface area contributed by atoms with Crippen molar-refractivity contribution < 1.29 is 14.3 Å². The van der Waals surface area contributed by atoms with Crippen LogP contribution in [-0.2, 0) is 11.3 Å². The highest BCUT2D eigenvalue weighted by atomic mass is 32.2. The predicted molar refractivity (Wildman–Crippen MR) is 172 cm³/mol. The van der Waals surface area contributed by atoms with Crippen LogP contribution in [0.1, 0.15) is 44.6 Å². The van der Waals surface area contributed by atoms with Gasteiger partial charge in [-0.3, -0.25) is 14.2 Å². The molecule has 0 saturated carbocycles. The first-order valence-corrected chi connectivity index (χ1v) is 15.9. The zero-order chi connectivity index (χ0) is 30.5. The van der Waals surface area contributed by atoms with Gasteiger partial charge in [-0.2, -0.15) is 5.10 Å². The molecule has 1 aliphatic rings. The summed E-state index contributed by atoms with van der Waals surface area (Å²) in [6.07, 6.45) is 0.642. The standard InChI is InChI=1S/C33H30N6O3S2/c1-22-14-16-23(17-15-22)27-19-25(29-13-8-18-43-29)37-39(27)31(40)21-44-33-36-35-30(20-34-32(41)24-9-4-3-5-10-24)38(33)26-11-6-7-12-28(26)42-2/h3-18,27H,19-21H2,1-2H3,(H,34,41)/t27-/m1/s1. The van der Waals surface area contributed by atoms with Crippen LogP contribution in [0.4, 0.5) is 0 Å². The summed E-state index contributed by atoms with van der Waals surface area (Å²) >= 11 is 2.89. The van der Waals surface area contributed by atoms with Crippen molar-refractivity contribution in [2.75, 3.05) is 12.9 Å². The summed E-state index contributed by atoms with van der Waals surface area (Å²) in [5.74, 6) is 0.847. The molecule has 11 heteroatoms. The van der Waals surface area contributed by atoms with Gasteiger partial charge in [0.05, 0.1) is 41.7 Å². The number of hydrazone groups is 1. The third kappa shape index (κ3) is 6.29. The molecule has 0 unspecified atom stereocenters. The Balaban J connectivity index is 1.26. The number of thiophene rings is 1. The maximum absolute atomic E-state index is 13.8. The molecule has 1 aliphatic heterocycles. The first-order valence-electron chi connectivity index (χ1n) is 14.1. The Bertz CT molecular complexity index is 1790. The van der Waals surface area contributed by atoms with E-state index in [2.05, 4.69) is 39.8 Å². The van der Waals surface area contributed by atoms with Gasteiger partial charge >= 0.3 is 0 Å². The van der Waals surface area contributed by atoms with E-state index in [1.165, 1.54) is 11.8 Å². The Hall–Kier alpha value is -4.74. The minimum Gasteiger partial charge on any atom is -0.495 e. The van der Waals surface area contributed by atoms with Gasteiger partial charge in [0.25, 0.3) is 11.8 Å². The molecule has 9 nitrogen and oxygen atoms in total. The summed E-state index contributed by atoms with van der Waals surface area (Å²) in [4.78, 5) is 27.6. The number of nitrogens with zero attached hydrogens (tertiary/aromatic N) is 5. The van der Waals surface area contributed by atoms with Crippen molar-refractivity contribution in [3.63, 3.8) is 0 Å². The minimum absolute atomic E-state index is 0.0905. The molecule has 1 atom stereocenters. The maximum Gasteiger partial charge on any atom is 0.253 e. The average molecular weight is 623 g/mol. The lowest BCUT2D eigenvalue weighted by Crippen LogP contribution is -2.28. The lowest BCUT2D eigenvalue weighted by Gasteiger charge is -2.22. The van der Waals surface area contributed by atoms with Crippen LogP contribution in [0, 0.1) is 6.92 Å². The summed E-state index contributed by atoms with van der Waals surface area (Å²) in [5, 5.41) is 20.7. The Labute approximate surface area is 263 Å². The van der Waals surface area contributed by atoms with Crippen LogP contribution < -0.4 is 10.1 Å². The van der Waals surface area contributed by atoms with Gasteiger partial charge in [0.15, 0.2) is 11.0 Å². The third-order valence-corrected chi connectivity index (χ3v) is 9.06. The number of carbonyl (C=O) groups is 2. The van der Waals surface area contributed by atoms with Crippen molar-refractivity contribution in [2.24, 2.45) is 5.10 Å². The lowest BCUT2D eigenvalue weighted by molar-refractivity contribution is -0.130. The molecule has 1 N–H and O–H groups in total. The quantitative estimate of drug-likeness (QED) is 0.191. The Morgan fingerprint density at radius 1 is 0.977 bits per heavy atom. The molecule has 0 radical (unpaired) electrons. The van der Waals surface area contributed by atoms with Crippen LogP contribution in [-0.4, -0.2) is 50.2 Å². The second-order valence-electron chi connectivity index (χ2n) is 10.1. The second kappa shape index (κ2) is 13.3. The van der Waals surface area contributed by atoms with Gasteiger partial charge in [0.2, 0.25) is 0 Å². The van der Waals surface area contributed by atoms with Crippen molar-refractivity contribution in [1.82, 2.24) is 25.1 Å². The highest BCUT2D eigenvalue weighted by molar-refractivity contribution is 7.99. The van der Waals surface area contributed by atoms with E-state index >= 15 is 0 Å². The van der Waals surface area contributed by atoms with Crippen LogP contribution in [0.5, 0.6) is 5.75 Å². The van der Waals surface area contributed by atoms with E-state index in [1.807, 2.05) is 71.5 Å². The molecular weight excluding hydrogens is 593 g/mol. The van der Waals surface area contributed by atoms with Crippen molar-refractivity contribution in [3.8, 4) is 11.4 Å². The molecule has 0 aliphatic carbocycles. The van der Waals surface area contributed by atoms with E-state index in [4.69, 9.17) is 9.84 Å². The molecule has 3 heterocycles. The Morgan fingerprint density at radius 2 is 1.75 bits per heavy atom. The van der Waals surface area contributed by atoms with E-state index < -0.39 is 0 Å². The van der Waals surface area contributed by atoms with Crippen molar-refractivity contribution in [3.05, 3.63) is 124 Å². The summed E-state index contributed by atoms with van der Waals surface area (Å²) in [7, 11) is 1.60. The first-order chi connectivity index (χ1) is 21.5. The average Bonchev–Trinajstić information content (AvgIpc) is 3.83. The zero-order valence-corrected chi connectivity index (χ0v) is 25.8. The van der Waals surface area contributed by atoms with E-state index in [0.717, 1.165) is 21.7 Å². The number of benzene rings is 3. The minimum atomic E-state index is -0.222. The fourth-order valence-electron chi connectivity index (χ4n) is 4.99. The van der Waals surface area contributed by atoms with E-state index in [9.17, 15) is 9.59 Å². The number of carbonyl (C=O) groups excluding carboxylic acids is 2. The predicted octanol–water partition coefficient (Wildman–Crippen LogP) is 6.05. The maximum atomic E-state index is 13.8. The molecular formula is C33H30N6O3S2. The van der Waals surface area contributed by atoms with Crippen molar-refractivity contribution in [2.45, 2.75) is 31.1 Å². The van der Waals surface area contributed by atoms with Gasteiger partial charge in [-0.1, -0.05) is 78.0 Å². The van der Waals surface area contributed by atoms with Gasteiger partial charge in [-0.05, 0) is 48.2 Å². The summed E-state index contributed by atoms with van der Waals surface area (Å²) < 4.78 is 7.46. The number of para-hydroxylation sites is 2. The van der Waals surface area contributed by atoms with Gasteiger partial charge < -0.3 is 10.1 Å². The number of rotatable bonds is 10. The normalized spacial score (nSPS) is 14.4. The highest BCUT2D eigenvalue weighted by Crippen LogP contribution is 2.35. The molecule has 5 aromatic rings. The molecule has 0 saturated heterocycles. The van der Waals surface area contributed by atoms with E-state index in [1.54, 1.807) is 35.6 Å². The monoisotopic (exact) mass is 622 g/mol. The number of thioether (sulfide) groups is 1. The topological polar surface area (TPSA) is 102 Å². The summed E-state index contributed by atoms with van der Waals surface area (Å²) in [6, 6.07) is 28.6. The number of nitrogens with one attached hydrogen (secondary N) is 1. The van der Waals surface area contributed by atoms with Gasteiger partial charge in [0, 0.05) is 12.0 Å². The van der Waals surface area contributed by atoms with Crippen molar-refractivity contribution >= 4 is 40.6 Å². The van der Waals surface area contributed by atoms with Crippen LogP contribution >= 0.6 is 23.1 Å². The molecule has 2 aromatic heterocycles. The van der Waals surface area contributed by atoms with Crippen molar-refractivity contribution in [1.29, 1.82) is 0 Å². The molecule has 6 rings (SSSR count). The fraction of sp³-hybridized carbons (Fsp3) is 0.182. The van der Waals surface area contributed by atoms with Crippen LogP contribution in [0.25, 0.3) is 5.69 Å². The number of amides is 2. The highest BCUT2D eigenvalue weighted by Gasteiger charge is 2.33. The molecule has 3 aromatic carbocycles. The molecule has 222 valence electrons. The molecule has 44 heavy (non-hydrogen) atoms. The molecule has 2 amide bonds. The summed E-state index contributed by atoms with van der Waals surface area (Å²) in [5.41, 5.74) is 4.35. The van der Waals surface area contributed by atoms with Gasteiger partial charge in [-0.25, -0.2) is 5.01 Å². The number of methoxy groups -OCH3 is 1. The lowest BCUT2D eigenvalue weighted by atomic mass is 10.00. The third-order valence-electron chi connectivity index (χ3n) is 7.23. The largest absolute Gasteiger partial charge is 0.495 e. The van der Waals surface area contributed by atoms with E-state index in [0.29, 0.717) is 34.4 Å². The number of hydrogen-bond acceptors (Lipinski definition) is 8. The number of aromatic nitrogens is 3. The fourth-order valence-corrected chi connectivity index (χ4v) is 6.53. The smallest absolute Gasteiger partial charge is 0.253 e. The molecule has 0 spiro atoms. The molecule has 0 fully saturated rings. The van der Waals surface area contributed by atoms with E-state index in [-0.39, 0.29) is 30.2 Å². The first kappa shape index (κ1) is 29.3. The Morgan fingerprint density at radius 3 is 2.50 bits per heavy atom. The number of aryl methyl sites for hydroxylation is 1. The zero-order valence-electron chi connectivity index (χ0n) is 24.2. The second-order valence-corrected chi connectivity index (χ2v) is 12.0. The van der Waals surface area contributed by atoms with Gasteiger partial charge in [-0.15, -0.1) is 21.5 Å². The van der Waals surface area contributed by atoms with Crippen LogP contribution in [0.2, 0.25) is 0 Å². The SMILES string of the molecule is COc1ccccc1-n1c(CNC(=O)c2ccccc2)nnc1SCC(=O)N1N=C(c2cccs2)C[C@@H]1c1ccc(C)cc1. The number of ether oxygens (including phenoxy) is 1. The molecule has 0 bridgehead atoms. The summed E-state index contributed by atoms with van der Waals surface area (Å²) in [6.45, 7) is 2.17. The van der Waals surface area contributed by atoms with Crippen LogP contribution in [0.15, 0.2) is 107 Å². The number of hydrogen-bond donors (Lipinski definition) is 1.